The summed E-state index contributed by atoms with van der Waals surface area (Å²) in [4.78, 5) is 86.2. The Balaban J connectivity index is 1.06. The van der Waals surface area contributed by atoms with E-state index >= 15 is 0 Å². The third-order valence-corrected chi connectivity index (χ3v) is 11.9. The average Bonchev–Trinajstić information content (AvgIpc) is 3.95. The topological polar surface area (TPSA) is 152 Å². The van der Waals surface area contributed by atoms with Gasteiger partial charge in [-0.05, 0) is 74.2 Å². The lowest BCUT2D eigenvalue weighted by molar-refractivity contribution is -0.123. The Bertz CT molecular complexity index is 2150. The molecule has 2 atom stereocenters. The molecule has 4 heterocycles. The number of anilines is 2. The van der Waals surface area contributed by atoms with Crippen molar-refractivity contribution >= 4 is 79.2 Å². The number of rotatable bonds is 5. The van der Waals surface area contributed by atoms with Gasteiger partial charge >= 0.3 is 24.1 Å². The first kappa shape index (κ1) is 39.1. The van der Waals surface area contributed by atoms with Crippen molar-refractivity contribution in [3.05, 3.63) is 105 Å². The zero-order valence-electron chi connectivity index (χ0n) is 30.9. The van der Waals surface area contributed by atoms with Crippen LogP contribution in [0.5, 0.6) is 11.5 Å². The van der Waals surface area contributed by atoms with E-state index in [1.807, 2.05) is 0 Å². The summed E-state index contributed by atoms with van der Waals surface area (Å²) in [5, 5.41) is 0. The number of amides is 4. The second-order valence-electron chi connectivity index (χ2n) is 14.0. The molecule has 16 heteroatoms. The number of esters is 2. The van der Waals surface area contributed by atoms with Crippen molar-refractivity contribution in [1.82, 2.24) is 9.80 Å². The molecule has 2 saturated heterocycles. The van der Waals surface area contributed by atoms with E-state index in [1.165, 1.54) is 9.80 Å². The van der Waals surface area contributed by atoms with Gasteiger partial charge in [0, 0.05) is 33.2 Å². The number of benzene rings is 4. The van der Waals surface area contributed by atoms with Crippen LogP contribution >= 0.6 is 31.9 Å². The standard InChI is InChI=1S/C42H36Br2N4O10/c43-27-15-17-29-35(55-23-21-45(29)37(49)31-13-7-19-47(31)41(53)57-39(51)25-9-3-1-4-10-25)33(27)34-28(44)16-18-30-36(34)56-24-22-46(30)38(50)32-14-8-20-48(32)42(54)58-40(52)26-11-5-2-6-12-26/h1-6,9-12,15-18,31-32H,7-8,13-14,19-24H2. The summed E-state index contributed by atoms with van der Waals surface area (Å²) < 4.78 is 24.2. The Morgan fingerprint density at radius 2 is 0.931 bits per heavy atom. The van der Waals surface area contributed by atoms with Crippen LogP contribution in [0.25, 0.3) is 11.1 Å². The summed E-state index contributed by atoms with van der Waals surface area (Å²) in [6.07, 6.45) is 0.106. The van der Waals surface area contributed by atoms with Gasteiger partial charge in [-0.1, -0.05) is 68.3 Å². The zero-order chi connectivity index (χ0) is 40.5. The monoisotopic (exact) mass is 914 g/mol. The minimum atomic E-state index is -0.885. The van der Waals surface area contributed by atoms with Crippen molar-refractivity contribution in [2.24, 2.45) is 0 Å². The van der Waals surface area contributed by atoms with Gasteiger partial charge in [-0.3, -0.25) is 19.4 Å². The normalized spacial score (nSPS) is 18.4. The number of ether oxygens (including phenoxy) is 4. The van der Waals surface area contributed by atoms with E-state index in [0.29, 0.717) is 68.6 Å². The van der Waals surface area contributed by atoms with Crippen molar-refractivity contribution in [1.29, 1.82) is 0 Å². The number of nitrogens with zero attached hydrogens (tertiary/aromatic N) is 4. The number of hydrogen-bond donors (Lipinski definition) is 0. The first-order chi connectivity index (χ1) is 28.1. The second kappa shape index (κ2) is 16.6. The Hall–Kier alpha value is -5.74. The Morgan fingerprint density at radius 1 is 0.534 bits per heavy atom. The molecular formula is C42H36Br2N4O10. The average molecular weight is 917 g/mol. The van der Waals surface area contributed by atoms with Crippen molar-refractivity contribution in [2.75, 3.05) is 49.2 Å². The van der Waals surface area contributed by atoms with Gasteiger partial charge < -0.3 is 28.7 Å². The van der Waals surface area contributed by atoms with Crippen LogP contribution < -0.4 is 19.3 Å². The fourth-order valence-corrected chi connectivity index (χ4v) is 8.86. The summed E-state index contributed by atoms with van der Waals surface area (Å²) in [6.45, 7) is 1.20. The van der Waals surface area contributed by atoms with Crippen LogP contribution in [0.2, 0.25) is 0 Å². The lowest BCUT2D eigenvalue weighted by atomic mass is 9.99. The minimum absolute atomic E-state index is 0.143. The van der Waals surface area contributed by atoms with Crippen LogP contribution in [0.4, 0.5) is 21.0 Å². The predicted octanol–water partition coefficient (Wildman–Crippen LogP) is 7.21. The van der Waals surface area contributed by atoms with E-state index in [1.54, 1.807) is 94.7 Å². The number of carbonyl (C=O) groups is 6. The van der Waals surface area contributed by atoms with Gasteiger partial charge in [-0.25, -0.2) is 19.2 Å². The highest BCUT2D eigenvalue weighted by molar-refractivity contribution is 9.11. The number of halogens is 2. The Morgan fingerprint density at radius 3 is 1.33 bits per heavy atom. The van der Waals surface area contributed by atoms with Crippen LogP contribution in [-0.4, -0.2) is 97.2 Å². The third-order valence-electron chi connectivity index (χ3n) is 10.6. The predicted molar refractivity (Wildman–Crippen MR) is 217 cm³/mol. The van der Waals surface area contributed by atoms with E-state index in [0.717, 1.165) is 0 Å². The molecule has 4 aromatic rings. The summed E-state index contributed by atoms with van der Waals surface area (Å²) in [5.74, 6) is -1.51. The van der Waals surface area contributed by atoms with Crippen LogP contribution in [0.1, 0.15) is 46.4 Å². The summed E-state index contributed by atoms with van der Waals surface area (Å²) in [7, 11) is 0. The summed E-state index contributed by atoms with van der Waals surface area (Å²) in [5.41, 5.74) is 2.51. The molecule has 4 aliphatic rings. The highest BCUT2D eigenvalue weighted by Gasteiger charge is 2.43. The number of hydrogen-bond acceptors (Lipinski definition) is 10. The van der Waals surface area contributed by atoms with Crippen molar-refractivity contribution in [3.63, 3.8) is 0 Å². The van der Waals surface area contributed by atoms with Gasteiger partial charge in [-0.2, -0.15) is 0 Å². The maximum atomic E-state index is 14.3. The van der Waals surface area contributed by atoms with Gasteiger partial charge in [0.1, 0.15) is 25.3 Å². The van der Waals surface area contributed by atoms with Gasteiger partial charge in [0.15, 0.2) is 11.5 Å². The van der Waals surface area contributed by atoms with Gasteiger partial charge in [0.25, 0.3) is 0 Å². The molecule has 58 heavy (non-hydrogen) atoms. The molecule has 0 N–H and O–H groups in total. The largest absolute Gasteiger partial charge is 0.489 e. The molecule has 4 aliphatic heterocycles. The lowest BCUT2D eigenvalue weighted by Crippen LogP contribution is -2.50. The van der Waals surface area contributed by atoms with Gasteiger partial charge in [0.05, 0.1) is 35.6 Å². The smallest absolute Gasteiger partial charge is 0.418 e. The molecular weight excluding hydrogens is 880 g/mol. The van der Waals surface area contributed by atoms with Crippen LogP contribution in [-0.2, 0) is 19.1 Å². The molecule has 0 saturated carbocycles. The van der Waals surface area contributed by atoms with Crippen molar-refractivity contribution in [2.45, 2.75) is 37.8 Å². The van der Waals surface area contributed by atoms with E-state index in [2.05, 4.69) is 31.9 Å². The highest BCUT2D eigenvalue weighted by Crippen LogP contribution is 2.53. The molecule has 0 radical (unpaired) electrons. The molecule has 0 aromatic heterocycles. The highest BCUT2D eigenvalue weighted by atomic mass is 79.9. The molecule has 2 unspecified atom stereocenters. The molecule has 8 rings (SSSR count). The van der Waals surface area contributed by atoms with Crippen molar-refractivity contribution in [3.8, 4) is 22.6 Å². The van der Waals surface area contributed by atoms with Gasteiger partial charge in [-0.15, -0.1) is 0 Å². The summed E-state index contributed by atoms with van der Waals surface area (Å²) >= 11 is 7.40. The molecule has 0 bridgehead atoms. The molecule has 0 aliphatic carbocycles. The first-order valence-corrected chi connectivity index (χ1v) is 20.4. The van der Waals surface area contributed by atoms with E-state index in [-0.39, 0.29) is 62.3 Å². The van der Waals surface area contributed by atoms with Crippen LogP contribution in [0.15, 0.2) is 93.9 Å². The van der Waals surface area contributed by atoms with E-state index < -0.39 is 36.2 Å². The zero-order valence-corrected chi connectivity index (χ0v) is 34.1. The molecule has 4 aromatic carbocycles. The molecule has 2 fully saturated rings. The van der Waals surface area contributed by atoms with Crippen LogP contribution in [0.3, 0.4) is 0 Å². The van der Waals surface area contributed by atoms with Crippen LogP contribution in [0, 0.1) is 0 Å². The minimum Gasteiger partial charge on any atom is -0.489 e. The maximum Gasteiger partial charge on any atom is 0.418 e. The number of likely N-dealkylation sites (tertiary alicyclic amines) is 2. The SMILES string of the molecule is O=C(OC(=O)N1CCCC1C(=O)N1CCOc2c1ccc(Br)c2-c1c(Br)ccc2c1OCCN2C(=O)C1CCCN1C(=O)OC(=O)c1ccccc1)c1ccccc1. The van der Waals surface area contributed by atoms with Crippen molar-refractivity contribution < 1.29 is 47.7 Å². The number of carbonyl (C=O) groups excluding carboxylic acids is 6. The van der Waals surface area contributed by atoms with E-state index in [9.17, 15) is 28.8 Å². The fourth-order valence-electron chi connectivity index (χ4n) is 7.84. The van der Waals surface area contributed by atoms with Gasteiger partial charge in [0.2, 0.25) is 11.8 Å². The van der Waals surface area contributed by atoms with E-state index in [4.69, 9.17) is 18.9 Å². The second-order valence-corrected chi connectivity index (χ2v) is 15.7. The quantitative estimate of drug-likeness (QED) is 0.148. The third kappa shape index (κ3) is 7.41. The maximum absolute atomic E-state index is 14.3. The summed E-state index contributed by atoms with van der Waals surface area (Å²) in [6, 6.07) is 21.7. The molecule has 298 valence electrons. The fraction of sp³-hybridized carbons (Fsp3) is 0.286. The Kier molecular flexibility index (Phi) is 11.2. The Labute approximate surface area is 349 Å². The first-order valence-electron chi connectivity index (χ1n) is 18.8. The molecule has 14 nitrogen and oxygen atoms in total. The molecule has 4 amide bonds. The lowest BCUT2D eigenvalue weighted by Gasteiger charge is -2.36. The number of fused-ring (bicyclic) bond motifs is 2. The molecule has 0 spiro atoms.